The van der Waals surface area contributed by atoms with Gasteiger partial charge in [-0.25, -0.2) is 19.6 Å². The second-order valence-corrected chi connectivity index (χ2v) is 5.56. The van der Waals surface area contributed by atoms with Crippen molar-refractivity contribution in [3.8, 4) is 0 Å². The molecular weight excluding hydrogens is 319 g/mol. The zero-order valence-corrected chi connectivity index (χ0v) is 12.5. The number of anilines is 1. The lowest BCUT2D eigenvalue weighted by molar-refractivity contribution is 0.0937. The Morgan fingerprint density at radius 3 is 2.65 bits per heavy atom. The fourth-order valence-corrected chi connectivity index (χ4v) is 2.73. The van der Waals surface area contributed by atoms with Crippen LogP contribution in [-0.2, 0) is 0 Å². The molecule has 0 bridgehead atoms. The molecular formula is C15H11FN4O2S. The number of nitrogens with zero attached hydrogens (tertiary/aromatic N) is 1. The second-order valence-electron chi connectivity index (χ2n) is 4.53. The van der Waals surface area contributed by atoms with Gasteiger partial charge in [0.15, 0.2) is 5.13 Å². The molecule has 0 atom stereocenters. The van der Waals surface area contributed by atoms with Gasteiger partial charge in [-0.2, -0.15) is 0 Å². The summed E-state index contributed by atoms with van der Waals surface area (Å²) in [6, 6.07) is 12.0. The number of para-hydroxylation sites is 1. The van der Waals surface area contributed by atoms with Crippen molar-refractivity contribution in [2.45, 2.75) is 0 Å². The molecule has 3 aromatic rings. The van der Waals surface area contributed by atoms with Crippen molar-refractivity contribution in [2.75, 3.05) is 5.32 Å². The van der Waals surface area contributed by atoms with E-state index in [2.05, 4.69) is 21.2 Å². The van der Waals surface area contributed by atoms with Crippen molar-refractivity contribution in [2.24, 2.45) is 0 Å². The maximum atomic E-state index is 13.0. The van der Waals surface area contributed by atoms with Gasteiger partial charge in [-0.1, -0.05) is 29.5 Å². The van der Waals surface area contributed by atoms with Crippen LogP contribution in [0.5, 0.6) is 0 Å². The van der Waals surface area contributed by atoms with Crippen molar-refractivity contribution in [3.63, 3.8) is 0 Å². The van der Waals surface area contributed by atoms with Crippen LogP contribution in [0.4, 0.5) is 14.3 Å². The number of aromatic nitrogens is 1. The number of halogens is 1. The van der Waals surface area contributed by atoms with Gasteiger partial charge in [-0.3, -0.25) is 15.5 Å². The Morgan fingerprint density at radius 1 is 1.04 bits per heavy atom. The molecule has 2 aromatic carbocycles. The van der Waals surface area contributed by atoms with Crippen molar-refractivity contribution >= 4 is 38.6 Å². The van der Waals surface area contributed by atoms with Crippen LogP contribution in [0.15, 0.2) is 48.5 Å². The van der Waals surface area contributed by atoms with E-state index in [9.17, 15) is 14.0 Å². The number of thiazole rings is 1. The average Bonchev–Trinajstić information content (AvgIpc) is 2.94. The van der Waals surface area contributed by atoms with E-state index in [1.54, 1.807) is 0 Å². The van der Waals surface area contributed by atoms with Crippen LogP contribution >= 0.6 is 11.3 Å². The summed E-state index contributed by atoms with van der Waals surface area (Å²) in [7, 11) is 0. The molecule has 6 nitrogen and oxygen atoms in total. The Morgan fingerprint density at radius 2 is 1.87 bits per heavy atom. The van der Waals surface area contributed by atoms with Gasteiger partial charge in [-0.05, 0) is 30.3 Å². The first-order valence-corrected chi connectivity index (χ1v) is 7.42. The summed E-state index contributed by atoms with van der Waals surface area (Å²) in [5, 5.41) is 2.92. The summed E-state index contributed by atoms with van der Waals surface area (Å²) < 4.78 is 14.0. The second kappa shape index (κ2) is 6.41. The number of carbonyl (C=O) groups is 2. The molecule has 1 heterocycles. The molecule has 0 aliphatic rings. The molecule has 0 aliphatic heterocycles. The topological polar surface area (TPSA) is 83.1 Å². The van der Waals surface area contributed by atoms with Gasteiger partial charge >= 0.3 is 6.03 Å². The van der Waals surface area contributed by atoms with Gasteiger partial charge in [-0.15, -0.1) is 0 Å². The number of rotatable bonds is 2. The van der Waals surface area contributed by atoms with E-state index in [1.165, 1.54) is 29.5 Å². The molecule has 116 valence electrons. The van der Waals surface area contributed by atoms with E-state index >= 15 is 0 Å². The van der Waals surface area contributed by atoms with Gasteiger partial charge < -0.3 is 0 Å². The van der Waals surface area contributed by atoms with E-state index < -0.39 is 17.8 Å². The molecule has 3 rings (SSSR count). The van der Waals surface area contributed by atoms with Crippen LogP contribution in [0.1, 0.15) is 10.4 Å². The van der Waals surface area contributed by atoms with Gasteiger partial charge in [0.2, 0.25) is 0 Å². The number of urea groups is 1. The van der Waals surface area contributed by atoms with Crippen LogP contribution in [0.3, 0.4) is 0 Å². The Kier molecular flexibility index (Phi) is 4.15. The Balaban J connectivity index is 1.58. The Hall–Kier alpha value is -3.00. The molecule has 0 aliphatic carbocycles. The quantitative estimate of drug-likeness (QED) is 0.632. The summed E-state index contributed by atoms with van der Waals surface area (Å²) >= 11 is 1.31. The first-order valence-electron chi connectivity index (χ1n) is 6.60. The number of hydrazine groups is 1. The number of nitrogens with one attached hydrogen (secondary N) is 3. The number of fused-ring (bicyclic) bond motifs is 1. The number of amides is 3. The largest absolute Gasteiger partial charge is 0.339 e. The molecule has 23 heavy (non-hydrogen) atoms. The van der Waals surface area contributed by atoms with Crippen LogP contribution in [-0.4, -0.2) is 16.9 Å². The van der Waals surface area contributed by atoms with Crippen molar-refractivity contribution in [3.05, 3.63) is 59.9 Å². The molecule has 0 radical (unpaired) electrons. The fraction of sp³-hybridized carbons (Fsp3) is 0. The minimum atomic E-state index is -0.645. The molecule has 0 saturated carbocycles. The first-order chi connectivity index (χ1) is 11.1. The summed E-state index contributed by atoms with van der Waals surface area (Å²) in [6.07, 6.45) is 0. The zero-order chi connectivity index (χ0) is 16.2. The molecule has 0 unspecified atom stereocenters. The van der Waals surface area contributed by atoms with E-state index in [-0.39, 0.29) is 5.56 Å². The van der Waals surface area contributed by atoms with E-state index in [0.717, 1.165) is 16.3 Å². The number of hydrogen-bond acceptors (Lipinski definition) is 4. The number of hydrogen-bond donors (Lipinski definition) is 3. The monoisotopic (exact) mass is 330 g/mol. The highest BCUT2D eigenvalue weighted by Gasteiger charge is 2.10. The molecule has 8 heteroatoms. The minimum absolute atomic E-state index is 0.102. The van der Waals surface area contributed by atoms with Crippen molar-refractivity contribution < 1.29 is 14.0 Å². The molecule has 3 amide bonds. The number of carbonyl (C=O) groups excluding carboxylic acids is 2. The van der Waals surface area contributed by atoms with Gasteiger partial charge in [0, 0.05) is 5.56 Å². The predicted molar refractivity (Wildman–Crippen MR) is 85.6 cm³/mol. The normalized spacial score (nSPS) is 10.3. The Bertz CT molecular complexity index is 848. The first kappa shape index (κ1) is 14.9. The van der Waals surface area contributed by atoms with Crippen LogP contribution in [0.25, 0.3) is 10.2 Å². The molecule has 3 N–H and O–H groups in total. The lowest BCUT2D eigenvalue weighted by Gasteiger charge is -2.07. The van der Waals surface area contributed by atoms with Crippen LogP contribution in [0.2, 0.25) is 0 Å². The lowest BCUT2D eigenvalue weighted by atomic mass is 10.2. The third-order valence-electron chi connectivity index (χ3n) is 2.89. The van der Waals surface area contributed by atoms with Crippen molar-refractivity contribution in [1.29, 1.82) is 0 Å². The molecule has 1 aromatic heterocycles. The summed E-state index contributed by atoms with van der Waals surface area (Å²) in [6.45, 7) is 0. The third-order valence-corrected chi connectivity index (χ3v) is 3.84. The highest BCUT2D eigenvalue weighted by molar-refractivity contribution is 7.22. The van der Waals surface area contributed by atoms with Crippen molar-refractivity contribution in [1.82, 2.24) is 15.8 Å². The van der Waals surface area contributed by atoms with Crippen LogP contribution in [0, 0.1) is 5.82 Å². The van der Waals surface area contributed by atoms with Gasteiger partial charge in [0.25, 0.3) is 5.91 Å². The summed E-state index contributed by atoms with van der Waals surface area (Å²) in [4.78, 5) is 27.7. The average molecular weight is 330 g/mol. The minimum Gasteiger partial charge on any atom is -0.282 e. The van der Waals surface area contributed by atoms with E-state index in [1.807, 2.05) is 24.3 Å². The fourth-order valence-electron chi connectivity index (χ4n) is 1.87. The summed E-state index contributed by atoms with van der Waals surface area (Å²) in [5.74, 6) is -1.15. The highest BCUT2D eigenvalue weighted by Crippen LogP contribution is 2.25. The third kappa shape index (κ3) is 3.61. The predicted octanol–water partition coefficient (Wildman–Crippen LogP) is 2.90. The van der Waals surface area contributed by atoms with E-state index in [4.69, 9.17) is 0 Å². The summed E-state index contributed by atoms with van der Waals surface area (Å²) in [5.41, 5.74) is 5.25. The van der Waals surface area contributed by atoms with Gasteiger partial charge in [0.05, 0.1) is 10.2 Å². The maximum Gasteiger partial charge on any atom is 0.339 e. The van der Waals surface area contributed by atoms with Gasteiger partial charge in [0.1, 0.15) is 5.82 Å². The molecule has 0 spiro atoms. The lowest BCUT2D eigenvalue weighted by Crippen LogP contribution is -2.43. The van der Waals surface area contributed by atoms with E-state index in [0.29, 0.717) is 5.13 Å². The number of benzene rings is 2. The zero-order valence-electron chi connectivity index (χ0n) is 11.7. The van der Waals surface area contributed by atoms with Crippen LogP contribution < -0.4 is 16.2 Å². The standard InChI is InChI=1S/C15H11FN4O2S/c16-10-5-3-4-9(8-10)13(21)19-20-14(22)18-15-17-11-6-1-2-7-12(11)23-15/h1-8H,(H,19,21)(H2,17,18,20,22). The maximum absolute atomic E-state index is 13.0. The Labute approximate surface area is 134 Å². The smallest absolute Gasteiger partial charge is 0.282 e. The molecule has 0 fully saturated rings. The SMILES string of the molecule is O=C(NNC(=O)c1cccc(F)c1)Nc1nc2ccccc2s1. The highest BCUT2D eigenvalue weighted by atomic mass is 32.1. The molecule has 0 saturated heterocycles.